The maximum absolute atomic E-state index is 14.0. The summed E-state index contributed by atoms with van der Waals surface area (Å²) < 4.78 is 82.7. The summed E-state index contributed by atoms with van der Waals surface area (Å²) in [6, 6.07) is 2.59. The summed E-state index contributed by atoms with van der Waals surface area (Å²) in [5.74, 6) is -11.0. The van der Waals surface area contributed by atoms with Crippen molar-refractivity contribution in [1.82, 2.24) is 0 Å². The quantitative estimate of drug-likeness (QED) is 0.579. The summed E-state index contributed by atoms with van der Waals surface area (Å²) in [6.45, 7) is 2.71. The smallest absolute Gasteiger partial charge is 0.203 e. The molecule has 1 aromatic carbocycles. The highest BCUT2D eigenvalue weighted by Gasteiger charge is 2.60. The Kier molecular flexibility index (Phi) is 4.97. The van der Waals surface area contributed by atoms with Crippen LogP contribution in [0.1, 0.15) is 31.4 Å². The third-order valence-electron chi connectivity index (χ3n) is 3.92. The van der Waals surface area contributed by atoms with E-state index in [-0.39, 0.29) is 11.1 Å². The lowest BCUT2D eigenvalue weighted by Crippen LogP contribution is -2.44. The van der Waals surface area contributed by atoms with E-state index in [2.05, 4.69) is 0 Å². The van der Waals surface area contributed by atoms with Gasteiger partial charge in [-0.15, -0.1) is 0 Å². The van der Waals surface area contributed by atoms with E-state index in [0.717, 1.165) is 25.2 Å². The topological polar surface area (TPSA) is 0 Å². The van der Waals surface area contributed by atoms with Gasteiger partial charge in [-0.2, -0.15) is 17.6 Å². The van der Waals surface area contributed by atoms with Gasteiger partial charge >= 0.3 is 11.8 Å². The van der Waals surface area contributed by atoms with Gasteiger partial charge in [-0.05, 0) is 18.9 Å². The molecule has 130 valence electrons. The van der Waals surface area contributed by atoms with E-state index in [1.54, 1.807) is 6.92 Å². The number of benzene rings is 1. The van der Waals surface area contributed by atoms with Gasteiger partial charge in [0.05, 0.1) is 0 Å². The Balaban J connectivity index is 2.37. The van der Waals surface area contributed by atoms with Crippen molar-refractivity contribution in [3.8, 4) is 0 Å². The molecule has 0 N–H and O–H groups in total. The number of rotatable bonds is 4. The van der Waals surface area contributed by atoms with Crippen molar-refractivity contribution < 1.29 is 26.3 Å². The minimum atomic E-state index is -4.42. The second-order valence-electron chi connectivity index (χ2n) is 5.65. The van der Waals surface area contributed by atoms with Crippen LogP contribution in [0.25, 0.3) is 6.08 Å². The molecule has 0 unspecified atom stereocenters. The van der Waals surface area contributed by atoms with E-state index in [0.29, 0.717) is 18.9 Å². The molecule has 1 aliphatic rings. The first-order chi connectivity index (χ1) is 11.1. The predicted molar refractivity (Wildman–Crippen MR) is 81.1 cm³/mol. The second kappa shape index (κ2) is 6.49. The van der Waals surface area contributed by atoms with Crippen molar-refractivity contribution in [2.24, 2.45) is 0 Å². The molecule has 0 spiro atoms. The van der Waals surface area contributed by atoms with Crippen LogP contribution in [0.5, 0.6) is 0 Å². The molecule has 0 saturated carbocycles. The van der Waals surface area contributed by atoms with Gasteiger partial charge in [-0.1, -0.05) is 49.8 Å². The number of halogens is 6. The summed E-state index contributed by atoms with van der Waals surface area (Å²) in [7, 11) is 0. The van der Waals surface area contributed by atoms with E-state index in [9.17, 15) is 26.3 Å². The van der Waals surface area contributed by atoms with Crippen molar-refractivity contribution in [2.75, 3.05) is 0 Å². The first-order valence-corrected chi connectivity index (χ1v) is 7.43. The lowest BCUT2D eigenvalue weighted by Gasteiger charge is -2.30. The van der Waals surface area contributed by atoms with Crippen molar-refractivity contribution in [3.05, 3.63) is 64.3 Å². The highest BCUT2D eigenvalue weighted by Crippen LogP contribution is 2.47. The van der Waals surface area contributed by atoms with Crippen LogP contribution in [0, 0.1) is 11.6 Å². The summed E-state index contributed by atoms with van der Waals surface area (Å²) in [5, 5.41) is 0. The monoisotopic (exact) mass is 346 g/mol. The van der Waals surface area contributed by atoms with Crippen LogP contribution in [0.3, 0.4) is 0 Å². The van der Waals surface area contributed by atoms with Crippen molar-refractivity contribution in [2.45, 2.75) is 38.5 Å². The molecule has 0 heterocycles. The molecule has 2 rings (SSSR count). The summed E-state index contributed by atoms with van der Waals surface area (Å²) >= 11 is 0. The fourth-order valence-corrected chi connectivity index (χ4v) is 2.39. The Hall–Kier alpha value is -1.98. The predicted octanol–water partition coefficient (Wildman–Crippen LogP) is 6.09. The van der Waals surface area contributed by atoms with Gasteiger partial charge in [0, 0.05) is 16.7 Å². The lowest BCUT2D eigenvalue weighted by molar-refractivity contribution is -0.160. The van der Waals surface area contributed by atoms with Gasteiger partial charge in [0.2, 0.25) is 0 Å². The first kappa shape index (κ1) is 18.4. The fraction of sp³-hybridized carbons (Fsp3) is 0.333. The Morgan fingerprint density at radius 3 is 2.21 bits per heavy atom. The largest absolute Gasteiger partial charge is 0.339 e. The molecular weight excluding hydrogens is 330 g/mol. The van der Waals surface area contributed by atoms with E-state index in [1.807, 2.05) is 0 Å². The van der Waals surface area contributed by atoms with Crippen molar-refractivity contribution >= 4 is 6.08 Å². The zero-order valence-corrected chi connectivity index (χ0v) is 13.1. The number of aryl methyl sites for hydroxylation is 1. The average Bonchev–Trinajstić information content (AvgIpc) is 2.51. The lowest BCUT2D eigenvalue weighted by atomic mass is 9.90. The molecule has 0 nitrogen and oxygen atoms in total. The zero-order valence-electron chi connectivity index (χ0n) is 13.1. The first-order valence-electron chi connectivity index (χ1n) is 7.43. The van der Waals surface area contributed by atoms with Crippen LogP contribution in [0.2, 0.25) is 0 Å². The molecule has 0 bridgehead atoms. The maximum atomic E-state index is 14.0. The normalized spacial score (nSPS) is 19.3. The third-order valence-corrected chi connectivity index (χ3v) is 3.92. The summed E-state index contributed by atoms with van der Waals surface area (Å²) in [4.78, 5) is 0. The number of alkyl halides is 4. The molecule has 1 aliphatic carbocycles. The van der Waals surface area contributed by atoms with Gasteiger partial charge in [0.25, 0.3) is 0 Å². The maximum Gasteiger partial charge on any atom is 0.339 e. The van der Waals surface area contributed by atoms with Crippen LogP contribution in [-0.2, 0) is 6.42 Å². The molecule has 0 amide bonds. The average molecular weight is 346 g/mol. The molecule has 0 fully saturated rings. The Morgan fingerprint density at radius 2 is 1.58 bits per heavy atom. The Morgan fingerprint density at radius 1 is 0.917 bits per heavy atom. The van der Waals surface area contributed by atoms with Crippen LogP contribution in [-0.4, -0.2) is 11.8 Å². The molecular formula is C18H16F6. The van der Waals surface area contributed by atoms with Gasteiger partial charge < -0.3 is 0 Å². The number of hydrogen-bond acceptors (Lipinski definition) is 0. The highest BCUT2D eigenvalue weighted by atomic mass is 19.3. The van der Waals surface area contributed by atoms with Gasteiger partial charge in [-0.25, -0.2) is 8.78 Å². The number of hydrogen-bond donors (Lipinski definition) is 0. The van der Waals surface area contributed by atoms with Crippen LogP contribution in [0.15, 0.2) is 41.5 Å². The SMILES string of the molecule is CCCc1ccc(/C=C/C2=CC=C(C)C(F)(F)C2(F)F)c(F)c1F. The molecule has 6 heteroatoms. The molecule has 0 radical (unpaired) electrons. The number of allylic oxidation sites excluding steroid dienone is 5. The second-order valence-corrected chi connectivity index (χ2v) is 5.65. The van der Waals surface area contributed by atoms with Crippen LogP contribution < -0.4 is 0 Å². The van der Waals surface area contributed by atoms with Crippen LogP contribution in [0.4, 0.5) is 26.3 Å². The molecule has 0 aliphatic heterocycles. The van der Waals surface area contributed by atoms with Crippen molar-refractivity contribution in [3.63, 3.8) is 0 Å². The summed E-state index contributed by atoms with van der Waals surface area (Å²) in [5.41, 5.74) is -1.82. The molecule has 0 aromatic heterocycles. The van der Waals surface area contributed by atoms with E-state index < -0.39 is 34.6 Å². The van der Waals surface area contributed by atoms with Gasteiger partial charge in [0.15, 0.2) is 11.6 Å². The molecule has 0 saturated heterocycles. The fourth-order valence-electron chi connectivity index (χ4n) is 2.39. The minimum absolute atomic E-state index is 0.180. The highest BCUT2D eigenvalue weighted by molar-refractivity contribution is 5.57. The van der Waals surface area contributed by atoms with Crippen molar-refractivity contribution in [1.29, 1.82) is 0 Å². The minimum Gasteiger partial charge on any atom is -0.203 e. The zero-order chi connectivity index (χ0) is 18.1. The van der Waals surface area contributed by atoms with Gasteiger partial charge in [0.1, 0.15) is 0 Å². The molecule has 1 aromatic rings. The standard InChI is InChI=1S/C18H16F6/c1-3-4-12-6-7-13(16(20)15(12)19)8-10-14-9-5-11(2)17(21,22)18(14,23)24/h5-10H,3-4H2,1-2H3/b10-8+. The van der Waals surface area contributed by atoms with E-state index >= 15 is 0 Å². The molecule has 0 atom stereocenters. The van der Waals surface area contributed by atoms with E-state index in [1.165, 1.54) is 12.1 Å². The Labute approximate surface area is 136 Å². The van der Waals surface area contributed by atoms with Gasteiger partial charge in [-0.3, -0.25) is 0 Å². The van der Waals surface area contributed by atoms with Crippen LogP contribution >= 0.6 is 0 Å². The van der Waals surface area contributed by atoms with E-state index in [4.69, 9.17) is 0 Å². The molecule has 24 heavy (non-hydrogen) atoms. The summed E-state index contributed by atoms with van der Waals surface area (Å²) in [6.07, 6.45) is 4.26. The Bertz CT molecular complexity index is 725. The third kappa shape index (κ3) is 3.01.